The summed E-state index contributed by atoms with van der Waals surface area (Å²) in [4.78, 5) is 4.28. The van der Waals surface area contributed by atoms with Crippen molar-refractivity contribution in [2.75, 3.05) is 11.9 Å². The van der Waals surface area contributed by atoms with Gasteiger partial charge in [-0.05, 0) is 32.0 Å². The number of anilines is 1. The van der Waals surface area contributed by atoms with E-state index in [0.717, 1.165) is 10.7 Å². The Morgan fingerprint density at radius 2 is 2.33 bits per heavy atom. The van der Waals surface area contributed by atoms with E-state index in [1.807, 2.05) is 36.7 Å². The molecule has 0 aliphatic rings. The molecule has 0 amide bonds. The molecule has 0 saturated heterocycles. The van der Waals surface area contributed by atoms with Crippen molar-refractivity contribution >= 4 is 28.6 Å². The van der Waals surface area contributed by atoms with Crippen LogP contribution in [0, 0.1) is 0 Å². The zero-order valence-electron chi connectivity index (χ0n) is 10.3. The maximum atomic E-state index is 6.14. The van der Waals surface area contributed by atoms with Crippen molar-refractivity contribution < 1.29 is 4.74 Å². The summed E-state index contributed by atoms with van der Waals surface area (Å²) in [5.41, 5.74) is 0.964. The topological polar surface area (TPSA) is 34.1 Å². The number of nitrogens with zero attached hydrogens (tertiary/aromatic N) is 1. The van der Waals surface area contributed by atoms with Crippen molar-refractivity contribution in [3.63, 3.8) is 0 Å². The fraction of sp³-hybridized carbons (Fsp3) is 0.308. The number of rotatable bonds is 5. The number of nitrogens with one attached hydrogen (secondary N) is 1. The number of halogens is 1. The average molecular weight is 283 g/mol. The molecule has 1 N–H and O–H groups in total. The third-order valence-corrected chi connectivity index (χ3v) is 3.69. The van der Waals surface area contributed by atoms with Crippen LogP contribution in [0.3, 0.4) is 0 Å². The summed E-state index contributed by atoms with van der Waals surface area (Å²) in [5, 5.41) is 7.01. The first-order chi connectivity index (χ1) is 8.70. The molecule has 3 nitrogen and oxygen atoms in total. The van der Waals surface area contributed by atoms with Gasteiger partial charge in [0.2, 0.25) is 0 Å². The number of hydrogen-bond donors (Lipinski definition) is 1. The highest BCUT2D eigenvalue weighted by Gasteiger charge is 2.09. The Balaban J connectivity index is 2.08. The summed E-state index contributed by atoms with van der Waals surface area (Å²) in [6.07, 6.45) is 1.81. The molecule has 0 fully saturated rings. The summed E-state index contributed by atoms with van der Waals surface area (Å²) < 4.78 is 5.40. The van der Waals surface area contributed by atoms with Crippen LogP contribution in [0.1, 0.15) is 24.9 Å². The molecular formula is C13H15ClN2OS. The lowest BCUT2D eigenvalue weighted by Crippen LogP contribution is -2.06. The first-order valence-corrected chi connectivity index (χ1v) is 7.04. The second-order valence-corrected chi connectivity index (χ2v) is 5.15. The predicted octanol–water partition coefficient (Wildman–Crippen LogP) is 4.37. The summed E-state index contributed by atoms with van der Waals surface area (Å²) >= 11 is 7.77. The molecule has 1 unspecified atom stereocenters. The fourth-order valence-corrected chi connectivity index (χ4v) is 2.50. The Kier molecular flexibility index (Phi) is 4.44. The third kappa shape index (κ3) is 3.15. The van der Waals surface area contributed by atoms with E-state index in [0.29, 0.717) is 17.4 Å². The van der Waals surface area contributed by atoms with E-state index in [9.17, 15) is 0 Å². The largest absolute Gasteiger partial charge is 0.492 e. The molecule has 1 heterocycles. The van der Waals surface area contributed by atoms with Gasteiger partial charge in [0.05, 0.1) is 17.7 Å². The number of hydrogen-bond acceptors (Lipinski definition) is 4. The van der Waals surface area contributed by atoms with Gasteiger partial charge < -0.3 is 10.1 Å². The highest BCUT2D eigenvalue weighted by Crippen LogP contribution is 2.29. The zero-order chi connectivity index (χ0) is 13.0. The Morgan fingerprint density at radius 3 is 2.94 bits per heavy atom. The van der Waals surface area contributed by atoms with Crippen LogP contribution in [-0.2, 0) is 0 Å². The Morgan fingerprint density at radius 1 is 1.50 bits per heavy atom. The lowest BCUT2D eigenvalue weighted by Gasteiger charge is -2.14. The first-order valence-electron chi connectivity index (χ1n) is 5.79. The normalized spacial score (nSPS) is 12.2. The standard InChI is InChI=1S/C13H15ClN2OS/c1-3-17-12-5-4-10(8-11(12)14)16-9(2)13-15-6-7-18-13/h4-9,16H,3H2,1-2H3. The van der Waals surface area contributed by atoms with Crippen LogP contribution in [0.25, 0.3) is 0 Å². The molecule has 1 aromatic heterocycles. The van der Waals surface area contributed by atoms with E-state index in [2.05, 4.69) is 17.2 Å². The minimum atomic E-state index is 0.166. The molecule has 0 saturated carbocycles. The Labute approximate surface area is 116 Å². The lowest BCUT2D eigenvalue weighted by atomic mass is 10.2. The molecule has 2 rings (SSSR count). The molecule has 0 bridgehead atoms. The quantitative estimate of drug-likeness (QED) is 0.884. The molecule has 0 aliphatic carbocycles. The van der Waals surface area contributed by atoms with Crippen LogP contribution >= 0.6 is 22.9 Å². The van der Waals surface area contributed by atoms with Gasteiger partial charge in [0.25, 0.3) is 0 Å². The summed E-state index contributed by atoms with van der Waals surface area (Å²) in [6.45, 7) is 4.62. The van der Waals surface area contributed by atoms with E-state index in [-0.39, 0.29) is 6.04 Å². The van der Waals surface area contributed by atoms with Crippen molar-refractivity contribution in [3.8, 4) is 5.75 Å². The monoisotopic (exact) mass is 282 g/mol. The number of ether oxygens (including phenoxy) is 1. The third-order valence-electron chi connectivity index (χ3n) is 2.44. The Bertz CT molecular complexity index is 502. The van der Waals surface area contributed by atoms with Crippen LogP contribution in [-0.4, -0.2) is 11.6 Å². The molecule has 0 spiro atoms. The second kappa shape index (κ2) is 6.07. The van der Waals surface area contributed by atoms with Crippen LogP contribution in [0.15, 0.2) is 29.8 Å². The van der Waals surface area contributed by atoms with Gasteiger partial charge in [-0.2, -0.15) is 0 Å². The van der Waals surface area contributed by atoms with Crippen LogP contribution in [0.4, 0.5) is 5.69 Å². The van der Waals surface area contributed by atoms with Gasteiger partial charge in [-0.1, -0.05) is 11.6 Å². The lowest BCUT2D eigenvalue weighted by molar-refractivity contribution is 0.340. The number of thiazole rings is 1. The van der Waals surface area contributed by atoms with Gasteiger partial charge in [-0.15, -0.1) is 11.3 Å². The number of benzene rings is 1. The Hall–Kier alpha value is -1.26. The van der Waals surface area contributed by atoms with E-state index >= 15 is 0 Å². The van der Waals surface area contributed by atoms with E-state index in [4.69, 9.17) is 16.3 Å². The predicted molar refractivity (Wildman–Crippen MR) is 76.8 cm³/mol. The SMILES string of the molecule is CCOc1ccc(NC(C)c2nccs2)cc1Cl. The minimum Gasteiger partial charge on any atom is -0.492 e. The van der Waals surface area contributed by atoms with Gasteiger partial charge in [0.1, 0.15) is 10.8 Å². The maximum absolute atomic E-state index is 6.14. The van der Waals surface area contributed by atoms with Crippen LogP contribution in [0.5, 0.6) is 5.75 Å². The van der Waals surface area contributed by atoms with Crippen molar-refractivity contribution in [2.45, 2.75) is 19.9 Å². The minimum absolute atomic E-state index is 0.166. The molecule has 2 aromatic rings. The van der Waals surface area contributed by atoms with Crippen molar-refractivity contribution in [3.05, 3.63) is 39.8 Å². The van der Waals surface area contributed by atoms with Crippen molar-refractivity contribution in [2.24, 2.45) is 0 Å². The van der Waals surface area contributed by atoms with Gasteiger partial charge >= 0.3 is 0 Å². The van der Waals surface area contributed by atoms with Gasteiger partial charge in [-0.25, -0.2) is 4.98 Å². The molecule has 96 valence electrons. The highest BCUT2D eigenvalue weighted by molar-refractivity contribution is 7.09. The fourth-order valence-electron chi connectivity index (χ4n) is 1.62. The molecule has 0 radical (unpaired) electrons. The zero-order valence-corrected chi connectivity index (χ0v) is 11.9. The van der Waals surface area contributed by atoms with E-state index < -0.39 is 0 Å². The van der Waals surface area contributed by atoms with Crippen LogP contribution < -0.4 is 10.1 Å². The second-order valence-electron chi connectivity index (χ2n) is 3.81. The maximum Gasteiger partial charge on any atom is 0.138 e. The van der Waals surface area contributed by atoms with Crippen molar-refractivity contribution in [1.82, 2.24) is 4.98 Å². The first kappa shape index (κ1) is 13.2. The molecular weight excluding hydrogens is 268 g/mol. The average Bonchev–Trinajstić information content (AvgIpc) is 2.86. The summed E-state index contributed by atoms with van der Waals surface area (Å²) in [7, 11) is 0. The highest BCUT2D eigenvalue weighted by atomic mass is 35.5. The van der Waals surface area contributed by atoms with E-state index in [1.54, 1.807) is 11.3 Å². The molecule has 18 heavy (non-hydrogen) atoms. The molecule has 0 aliphatic heterocycles. The molecule has 5 heteroatoms. The van der Waals surface area contributed by atoms with Gasteiger partial charge in [0.15, 0.2) is 0 Å². The van der Waals surface area contributed by atoms with E-state index in [1.165, 1.54) is 0 Å². The summed E-state index contributed by atoms with van der Waals surface area (Å²) in [6, 6.07) is 5.87. The van der Waals surface area contributed by atoms with Crippen molar-refractivity contribution in [1.29, 1.82) is 0 Å². The summed E-state index contributed by atoms with van der Waals surface area (Å²) in [5.74, 6) is 0.714. The molecule has 1 atom stereocenters. The smallest absolute Gasteiger partial charge is 0.138 e. The number of aromatic nitrogens is 1. The van der Waals surface area contributed by atoms with Crippen LogP contribution in [0.2, 0.25) is 5.02 Å². The van der Waals surface area contributed by atoms with Gasteiger partial charge in [0, 0.05) is 17.3 Å². The molecule has 1 aromatic carbocycles. The van der Waals surface area contributed by atoms with Gasteiger partial charge in [-0.3, -0.25) is 0 Å².